The van der Waals surface area contributed by atoms with Crippen molar-refractivity contribution in [3.8, 4) is 11.1 Å². The van der Waals surface area contributed by atoms with Crippen LogP contribution >= 0.6 is 27.3 Å². The van der Waals surface area contributed by atoms with E-state index in [-0.39, 0.29) is 0 Å². The van der Waals surface area contributed by atoms with Gasteiger partial charge in [-0.15, -0.1) is 11.3 Å². The quantitative estimate of drug-likeness (QED) is 0.223. The molecule has 6 aromatic rings. The standard InChI is InChI=1S/C31H20BrNS/c32-25-14-16-27-30(29(25)19-6-2-1-3-7-19)24-18-22(13-15-26(24)34-27)23-10-4-8-20-11-12-21-9-5-17-33-31(21)28(20)23/h1-3,5-7,9-18H,4,8H2. The van der Waals surface area contributed by atoms with E-state index in [1.54, 1.807) is 0 Å². The maximum absolute atomic E-state index is 4.79. The number of benzene rings is 4. The van der Waals surface area contributed by atoms with Crippen molar-refractivity contribution in [1.29, 1.82) is 0 Å². The van der Waals surface area contributed by atoms with Crippen molar-refractivity contribution in [3.63, 3.8) is 0 Å². The van der Waals surface area contributed by atoms with Crippen molar-refractivity contribution >= 4 is 63.9 Å². The zero-order chi connectivity index (χ0) is 22.6. The van der Waals surface area contributed by atoms with E-state index < -0.39 is 0 Å². The van der Waals surface area contributed by atoms with E-state index in [2.05, 4.69) is 101 Å². The normalized spacial score (nSPS) is 13.4. The first-order chi connectivity index (χ1) is 16.8. The van der Waals surface area contributed by atoms with Gasteiger partial charge in [0.15, 0.2) is 0 Å². The van der Waals surface area contributed by atoms with Gasteiger partial charge in [0.05, 0.1) is 5.52 Å². The predicted octanol–water partition coefficient (Wildman–Crippen LogP) is 9.41. The van der Waals surface area contributed by atoms with E-state index in [0.29, 0.717) is 0 Å². The van der Waals surface area contributed by atoms with Gasteiger partial charge >= 0.3 is 0 Å². The fraction of sp³-hybridized carbons (Fsp3) is 0.0645. The molecule has 1 aliphatic rings. The minimum absolute atomic E-state index is 1.06. The SMILES string of the molecule is Brc1ccc2sc3ccc(C4=CCCc5ccc6cccnc6c54)cc3c2c1-c1ccccc1. The minimum Gasteiger partial charge on any atom is -0.256 e. The number of halogens is 1. The Hall–Kier alpha value is -3.27. The number of allylic oxidation sites excluding steroid dienone is 1. The first kappa shape index (κ1) is 20.1. The molecular formula is C31H20BrNS. The molecule has 2 heterocycles. The molecule has 0 N–H and O–H groups in total. The molecule has 3 heteroatoms. The lowest BCUT2D eigenvalue weighted by atomic mass is 9.85. The molecule has 0 amide bonds. The van der Waals surface area contributed by atoms with Crippen LogP contribution in [0.3, 0.4) is 0 Å². The zero-order valence-corrected chi connectivity index (χ0v) is 20.8. The van der Waals surface area contributed by atoms with Crippen molar-refractivity contribution < 1.29 is 0 Å². The van der Waals surface area contributed by atoms with Crippen molar-refractivity contribution in [2.45, 2.75) is 12.8 Å². The van der Waals surface area contributed by atoms with Crippen molar-refractivity contribution in [2.24, 2.45) is 0 Å². The van der Waals surface area contributed by atoms with Gasteiger partial charge in [0, 0.05) is 47.4 Å². The smallest absolute Gasteiger partial charge is 0.0783 e. The van der Waals surface area contributed by atoms with Crippen molar-refractivity contribution in [2.75, 3.05) is 0 Å². The van der Waals surface area contributed by atoms with Gasteiger partial charge in [0.25, 0.3) is 0 Å². The van der Waals surface area contributed by atoms with E-state index >= 15 is 0 Å². The molecule has 0 atom stereocenters. The first-order valence-corrected chi connectivity index (χ1v) is 13.2. The number of hydrogen-bond acceptors (Lipinski definition) is 2. The second kappa shape index (κ2) is 7.90. The van der Waals surface area contributed by atoms with E-state index in [4.69, 9.17) is 4.98 Å². The second-order valence-electron chi connectivity index (χ2n) is 8.81. The molecule has 1 aliphatic carbocycles. The molecule has 0 saturated heterocycles. The molecule has 2 aromatic heterocycles. The van der Waals surface area contributed by atoms with Gasteiger partial charge in [-0.05, 0) is 65.4 Å². The molecule has 1 nitrogen and oxygen atoms in total. The van der Waals surface area contributed by atoms with E-state index in [9.17, 15) is 0 Å². The Bertz CT molecular complexity index is 1760. The molecule has 4 aromatic carbocycles. The summed E-state index contributed by atoms with van der Waals surface area (Å²) in [5.74, 6) is 0. The summed E-state index contributed by atoms with van der Waals surface area (Å²) in [6.45, 7) is 0. The highest BCUT2D eigenvalue weighted by molar-refractivity contribution is 9.10. The number of hydrogen-bond donors (Lipinski definition) is 0. The Kier molecular flexibility index (Phi) is 4.68. The summed E-state index contributed by atoms with van der Waals surface area (Å²) >= 11 is 5.72. The molecule has 0 unspecified atom stereocenters. The summed E-state index contributed by atoms with van der Waals surface area (Å²) in [5.41, 5.74) is 8.89. The summed E-state index contributed by atoms with van der Waals surface area (Å²) in [6, 6.07) is 30.8. The Morgan fingerprint density at radius 2 is 1.65 bits per heavy atom. The zero-order valence-electron chi connectivity index (χ0n) is 18.4. The summed E-state index contributed by atoms with van der Waals surface area (Å²) in [6.07, 6.45) is 6.44. The van der Waals surface area contributed by atoms with E-state index in [1.807, 2.05) is 23.6 Å². The highest BCUT2D eigenvalue weighted by Crippen LogP contribution is 2.45. The van der Waals surface area contributed by atoms with Crippen LogP contribution < -0.4 is 0 Å². The summed E-state index contributed by atoms with van der Waals surface area (Å²) < 4.78 is 3.77. The van der Waals surface area contributed by atoms with Crippen molar-refractivity contribution in [3.05, 3.63) is 118 Å². The predicted molar refractivity (Wildman–Crippen MR) is 150 cm³/mol. The van der Waals surface area contributed by atoms with Crippen LogP contribution in [-0.4, -0.2) is 4.98 Å². The molecule has 0 saturated carbocycles. The van der Waals surface area contributed by atoms with Gasteiger partial charge in [0.2, 0.25) is 0 Å². The maximum Gasteiger partial charge on any atom is 0.0783 e. The van der Waals surface area contributed by atoms with Crippen LogP contribution in [0.2, 0.25) is 0 Å². The van der Waals surface area contributed by atoms with Gasteiger partial charge < -0.3 is 0 Å². The summed E-state index contributed by atoms with van der Waals surface area (Å²) in [5, 5.41) is 3.85. The van der Waals surface area contributed by atoms with Gasteiger partial charge in [-0.25, -0.2) is 0 Å². The monoisotopic (exact) mass is 517 g/mol. The minimum atomic E-state index is 1.06. The summed E-state index contributed by atoms with van der Waals surface area (Å²) in [7, 11) is 0. The molecule has 34 heavy (non-hydrogen) atoms. The second-order valence-corrected chi connectivity index (χ2v) is 10.7. The topological polar surface area (TPSA) is 12.9 Å². The highest BCUT2D eigenvalue weighted by Gasteiger charge is 2.20. The number of pyridine rings is 1. The number of thiophene rings is 1. The lowest BCUT2D eigenvalue weighted by Crippen LogP contribution is -2.03. The molecule has 0 radical (unpaired) electrons. The van der Waals surface area contributed by atoms with Crippen LogP contribution in [0.25, 0.3) is 47.8 Å². The fourth-order valence-corrected chi connectivity index (χ4v) is 6.98. The Labute approximate surface area is 210 Å². The first-order valence-electron chi connectivity index (χ1n) is 11.6. The van der Waals surface area contributed by atoms with Crippen LogP contribution in [0, 0.1) is 0 Å². The molecular weight excluding hydrogens is 498 g/mol. The van der Waals surface area contributed by atoms with Gasteiger partial charge in [-0.1, -0.05) is 76.6 Å². The molecule has 0 aliphatic heterocycles. The number of aromatic nitrogens is 1. The van der Waals surface area contributed by atoms with E-state index in [1.165, 1.54) is 58.9 Å². The Morgan fingerprint density at radius 3 is 2.56 bits per heavy atom. The molecule has 0 fully saturated rings. The Morgan fingerprint density at radius 1 is 0.765 bits per heavy atom. The van der Waals surface area contributed by atoms with E-state index in [0.717, 1.165) is 22.8 Å². The average molecular weight is 518 g/mol. The molecule has 162 valence electrons. The number of nitrogens with zero attached hydrogens (tertiary/aromatic N) is 1. The van der Waals surface area contributed by atoms with Crippen LogP contribution in [-0.2, 0) is 6.42 Å². The third kappa shape index (κ3) is 3.08. The number of aryl methyl sites for hydroxylation is 1. The molecule has 7 rings (SSSR count). The fourth-order valence-electron chi connectivity index (χ4n) is 5.33. The average Bonchev–Trinajstić information content (AvgIpc) is 3.26. The van der Waals surface area contributed by atoms with Crippen LogP contribution in [0.15, 0.2) is 102 Å². The lowest BCUT2D eigenvalue weighted by molar-refractivity contribution is 0.980. The number of rotatable bonds is 2. The van der Waals surface area contributed by atoms with Crippen LogP contribution in [0.4, 0.5) is 0 Å². The van der Waals surface area contributed by atoms with Crippen LogP contribution in [0.5, 0.6) is 0 Å². The molecule has 0 bridgehead atoms. The van der Waals surface area contributed by atoms with Crippen LogP contribution in [0.1, 0.15) is 23.1 Å². The van der Waals surface area contributed by atoms with Gasteiger partial charge in [0.1, 0.15) is 0 Å². The highest BCUT2D eigenvalue weighted by atomic mass is 79.9. The van der Waals surface area contributed by atoms with Gasteiger partial charge in [-0.2, -0.15) is 0 Å². The third-order valence-corrected chi connectivity index (χ3v) is 8.65. The third-order valence-electron chi connectivity index (χ3n) is 6.85. The lowest BCUT2D eigenvalue weighted by Gasteiger charge is -2.20. The van der Waals surface area contributed by atoms with Gasteiger partial charge in [-0.3, -0.25) is 4.98 Å². The van der Waals surface area contributed by atoms with Crippen molar-refractivity contribution in [1.82, 2.24) is 4.98 Å². The number of fused-ring (bicyclic) bond motifs is 6. The Balaban J connectivity index is 1.51. The molecule has 0 spiro atoms. The maximum atomic E-state index is 4.79. The summed E-state index contributed by atoms with van der Waals surface area (Å²) in [4.78, 5) is 4.79. The largest absolute Gasteiger partial charge is 0.256 e.